The molecular formula is C13H18N2OS. The predicted octanol–water partition coefficient (Wildman–Crippen LogP) is 2.55. The molecule has 0 radical (unpaired) electrons. The number of rotatable bonds is 3. The van der Waals surface area contributed by atoms with Crippen LogP contribution in [0.25, 0.3) is 0 Å². The SMILES string of the molecule is Cc1ccc(S(=O)N[C@@H](C#N)C(C)(C)C)cc1. The minimum atomic E-state index is -1.34. The summed E-state index contributed by atoms with van der Waals surface area (Å²) in [5, 5.41) is 9.05. The molecule has 0 bridgehead atoms. The number of nitriles is 1. The fraction of sp³-hybridized carbons (Fsp3) is 0.462. The fourth-order valence-corrected chi connectivity index (χ4v) is 2.37. The van der Waals surface area contributed by atoms with Gasteiger partial charge in [-0.15, -0.1) is 0 Å². The van der Waals surface area contributed by atoms with E-state index in [0.29, 0.717) is 4.90 Å². The Kier molecular flexibility index (Phi) is 4.44. The van der Waals surface area contributed by atoms with Crippen molar-refractivity contribution in [1.82, 2.24) is 4.72 Å². The van der Waals surface area contributed by atoms with E-state index in [1.54, 1.807) is 0 Å². The predicted molar refractivity (Wildman–Crippen MR) is 69.6 cm³/mol. The minimum Gasteiger partial charge on any atom is -0.237 e. The van der Waals surface area contributed by atoms with Crippen LogP contribution < -0.4 is 4.72 Å². The molecule has 17 heavy (non-hydrogen) atoms. The Labute approximate surface area is 105 Å². The van der Waals surface area contributed by atoms with Gasteiger partial charge in [0.25, 0.3) is 0 Å². The topological polar surface area (TPSA) is 52.9 Å². The third-order valence-electron chi connectivity index (χ3n) is 2.46. The third-order valence-corrected chi connectivity index (χ3v) is 3.61. The Hall–Kier alpha value is -1.18. The van der Waals surface area contributed by atoms with Crippen LogP contribution in [0, 0.1) is 23.7 Å². The molecule has 0 spiro atoms. The zero-order valence-electron chi connectivity index (χ0n) is 10.7. The summed E-state index contributed by atoms with van der Waals surface area (Å²) in [6.45, 7) is 7.81. The first-order valence-corrected chi connectivity index (χ1v) is 6.64. The lowest BCUT2D eigenvalue weighted by molar-refractivity contribution is 0.354. The van der Waals surface area contributed by atoms with Gasteiger partial charge in [-0.2, -0.15) is 5.26 Å². The van der Waals surface area contributed by atoms with Gasteiger partial charge in [0.2, 0.25) is 0 Å². The standard InChI is InChI=1S/C13H18N2OS/c1-10-5-7-11(8-6-10)17(16)15-12(9-14)13(2,3)4/h5-8,12,15H,1-4H3/t12-,17?/m0/s1. The van der Waals surface area contributed by atoms with Crippen LogP contribution in [-0.2, 0) is 11.0 Å². The van der Waals surface area contributed by atoms with Crippen LogP contribution in [0.1, 0.15) is 26.3 Å². The first-order valence-electron chi connectivity index (χ1n) is 5.49. The van der Waals surface area contributed by atoms with Crippen LogP contribution in [0.5, 0.6) is 0 Å². The second-order valence-electron chi connectivity index (χ2n) is 5.13. The van der Waals surface area contributed by atoms with Gasteiger partial charge in [0.15, 0.2) is 0 Å². The molecule has 0 aromatic heterocycles. The molecule has 4 heteroatoms. The third kappa shape index (κ3) is 3.95. The second-order valence-corrected chi connectivity index (χ2v) is 6.37. The van der Waals surface area contributed by atoms with Gasteiger partial charge in [-0.05, 0) is 24.5 Å². The van der Waals surface area contributed by atoms with Crippen molar-refractivity contribution in [1.29, 1.82) is 5.26 Å². The van der Waals surface area contributed by atoms with Crippen LogP contribution in [0.15, 0.2) is 29.2 Å². The molecule has 0 aliphatic rings. The van der Waals surface area contributed by atoms with Crippen molar-refractivity contribution in [3.05, 3.63) is 29.8 Å². The van der Waals surface area contributed by atoms with Crippen molar-refractivity contribution in [3.63, 3.8) is 0 Å². The molecule has 0 amide bonds. The van der Waals surface area contributed by atoms with Crippen LogP contribution in [0.2, 0.25) is 0 Å². The minimum absolute atomic E-state index is 0.241. The maximum Gasteiger partial charge on any atom is 0.126 e. The summed E-state index contributed by atoms with van der Waals surface area (Å²) in [5.74, 6) is 0. The van der Waals surface area contributed by atoms with E-state index in [-0.39, 0.29) is 5.41 Å². The van der Waals surface area contributed by atoms with Gasteiger partial charge in [0.05, 0.1) is 11.0 Å². The average molecular weight is 250 g/mol. The Morgan fingerprint density at radius 3 is 2.24 bits per heavy atom. The van der Waals surface area contributed by atoms with Gasteiger partial charge >= 0.3 is 0 Å². The van der Waals surface area contributed by atoms with Crippen LogP contribution >= 0.6 is 0 Å². The molecule has 0 aliphatic heterocycles. The summed E-state index contributed by atoms with van der Waals surface area (Å²) < 4.78 is 14.9. The number of nitrogens with one attached hydrogen (secondary N) is 1. The Balaban J connectivity index is 2.79. The molecule has 0 aliphatic carbocycles. The molecule has 92 valence electrons. The van der Waals surface area contributed by atoms with Crippen molar-refractivity contribution in [2.24, 2.45) is 5.41 Å². The van der Waals surface area contributed by atoms with Gasteiger partial charge in [0, 0.05) is 0 Å². The Morgan fingerprint density at radius 2 is 1.82 bits per heavy atom. The number of hydrogen-bond donors (Lipinski definition) is 1. The lowest BCUT2D eigenvalue weighted by Crippen LogP contribution is -2.40. The summed E-state index contributed by atoms with van der Waals surface area (Å²) in [5.41, 5.74) is 0.883. The van der Waals surface area contributed by atoms with Crippen LogP contribution in [0.3, 0.4) is 0 Å². The molecule has 1 aromatic rings. The monoisotopic (exact) mass is 250 g/mol. The molecule has 1 unspecified atom stereocenters. The van der Waals surface area contributed by atoms with Gasteiger partial charge in [-0.3, -0.25) is 0 Å². The smallest absolute Gasteiger partial charge is 0.126 e. The zero-order valence-corrected chi connectivity index (χ0v) is 11.5. The molecule has 0 fully saturated rings. The summed E-state index contributed by atoms with van der Waals surface area (Å²) in [6, 6.07) is 9.16. The normalized spacial score (nSPS) is 15.0. The maximum absolute atomic E-state index is 12.0. The molecule has 0 heterocycles. The number of nitrogens with zero attached hydrogens (tertiary/aromatic N) is 1. The first-order chi connectivity index (χ1) is 7.84. The number of hydrogen-bond acceptors (Lipinski definition) is 2. The van der Waals surface area contributed by atoms with Gasteiger partial charge in [-0.1, -0.05) is 38.5 Å². The van der Waals surface area contributed by atoms with E-state index in [1.807, 2.05) is 52.0 Å². The summed E-state index contributed by atoms with van der Waals surface area (Å²) in [4.78, 5) is 0.695. The lowest BCUT2D eigenvalue weighted by Gasteiger charge is -2.24. The van der Waals surface area contributed by atoms with Crippen molar-refractivity contribution in [2.45, 2.75) is 38.6 Å². The first kappa shape index (κ1) is 13.9. The van der Waals surface area contributed by atoms with Gasteiger partial charge in [0.1, 0.15) is 17.0 Å². The van der Waals surface area contributed by atoms with Gasteiger partial charge in [-0.25, -0.2) is 8.93 Å². The Bertz CT molecular complexity index is 440. The summed E-state index contributed by atoms with van der Waals surface area (Å²) >= 11 is 0. The largest absolute Gasteiger partial charge is 0.237 e. The van der Waals surface area contributed by atoms with E-state index in [1.165, 1.54) is 0 Å². The highest BCUT2D eigenvalue weighted by Gasteiger charge is 2.26. The molecule has 1 aromatic carbocycles. The summed E-state index contributed by atoms with van der Waals surface area (Å²) in [7, 11) is -1.34. The summed E-state index contributed by atoms with van der Waals surface area (Å²) in [6.07, 6.45) is 0. The quantitative estimate of drug-likeness (QED) is 0.896. The van der Waals surface area contributed by atoms with Gasteiger partial charge < -0.3 is 0 Å². The molecule has 0 saturated heterocycles. The van der Waals surface area contributed by atoms with Crippen molar-refractivity contribution >= 4 is 11.0 Å². The second kappa shape index (κ2) is 5.44. The zero-order chi connectivity index (χ0) is 13.1. The molecule has 1 rings (SSSR count). The highest BCUT2D eigenvalue weighted by molar-refractivity contribution is 7.83. The van der Waals surface area contributed by atoms with E-state index >= 15 is 0 Å². The van der Waals surface area contributed by atoms with Crippen molar-refractivity contribution in [3.8, 4) is 6.07 Å². The highest BCUT2D eigenvalue weighted by atomic mass is 32.2. The molecule has 0 saturated carbocycles. The lowest BCUT2D eigenvalue weighted by atomic mass is 9.88. The van der Waals surface area contributed by atoms with Crippen LogP contribution in [0.4, 0.5) is 0 Å². The van der Waals surface area contributed by atoms with Crippen molar-refractivity contribution in [2.75, 3.05) is 0 Å². The molecule has 3 nitrogen and oxygen atoms in total. The van der Waals surface area contributed by atoms with E-state index < -0.39 is 17.0 Å². The van der Waals surface area contributed by atoms with E-state index in [2.05, 4.69) is 10.8 Å². The molecule has 1 N–H and O–H groups in total. The molecular weight excluding hydrogens is 232 g/mol. The number of aryl methyl sites for hydroxylation is 1. The Morgan fingerprint density at radius 1 is 1.29 bits per heavy atom. The van der Waals surface area contributed by atoms with Crippen LogP contribution in [-0.4, -0.2) is 10.3 Å². The average Bonchev–Trinajstić information content (AvgIpc) is 2.24. The van der Waals surface area contributed by atoms with E-state index in [4.69, 9.17) is 5.26 Å². The van der Waals surface area contributed by atoms with E-state index in [9.17, 15) is 4.21 Å². The van der Waals surface area contributed by atoms with E-state index in [0.717, 1.165) is 5.56 Å². The molecule has 2 atom stereocenters. The highest BCUT2D eigenvalue weighted by Crippen LogP contribution is 2.19. The van der Waals surface area contributed by atoms with Crippen molar-refractivity contribution < 1.29 is 4.21 Å². The maximum atomic E-state index is 12.0. The number of benzene rings is 1. The fourth-order valence-electron chi connectivity index (χ4n) is 1.23.